The van der Waals surface area contributed by atoms with E-state index in [-0.39, 0.29) is 17.6 Å². The van der Waals surface area contributed by atoms with E-state index >= 15 is 0 Å². The molecule has 0 radical (unpaired) electrons. The molecule has 2 aromatic rings. The summed E-state index contributed by atoms with van der Waals surface area (Å²) < 4.78 is 11.1. The van der Waals surface area contributed by atoms with Crippen LogP contribution in [0.3, 0.4) is 0 Å². The van der Waals surface area contributed by atoms with Gasteiger partial charge in [-0.3, -0.25) is 0 Å². The average Bonchev–Trinajstić information content (AvgIpc) is 2.61. The number of fused-ring (bicyclic) bond motifs is 1. The third kappa shape index (κ3) is 4.77. The second kappa shape index (κ2) is 7.96. The van der Waals surface area contributed by atoms with Crippen LogP contribution in [0.25, 0.3) is 0 Å². The van der Waals surface area contributed by atoms with E-state index in [1.807, 2.05) is 30.3 Å². The van der Waals surface area contributed by atoms with Crippen molar-refractivity contribution in [1.29, 1.82) is 0 Å². The normalized spacial score (nSPS) is 17.2. The minimum absolute atomic E-state index is 0.0400. The Morgan fingerprint density at radius 3 is 2.81 bits per heavy atom. The third-order valence-electron chi connectivity index (χ3n) is 4.31. The Morgan fingerprint density at radius 1 is 1.26 bits per heavy atom. The van der Waals surface area contributed by atoms with Crippen molar-refractivity contribution in [1.82, 2.24) is 5.32 Å². The van der Waals surface area contributed by atoms with E-state index in [2.05, 4.69) is 24.5 Å². The number of esters is 1. The van der Waals surface area contributed by atoms with E-state index in [0.717, 1.165) is 23.4 Å². The highest BCUT2D eigenvalue weighted by molar-refractivity contribution is 7.80. The largest absolute Gasteiger partial charge is 0.487 e. The van der Waals surface area contributed by atoms with Crippen molar-refractivity contribution in [3.63, 3.8) is 0 Å². The molecule has 0 saturated heterocycles. The lowest BCUT2D eigenvalue weighted by molar-refractivity contribution is 0.0526. The van der Waals surface area contributed by atoms with Crippen molar-refractivity contribution in [2.24, 2.45) is 0 Å². The fourth-order valence-electron chi connectivity index (χ4n) is 3.19. The Kier molecular flexibility index (Phi) is 5.65. The lowest BCUT2D eigenvalue weighted by atomic mass is 9.90. The van der Waals surface area contributed by atoms with Crippen LogP contribution in [0.5, 0.6) is 5.75 Å². The molecule has 0 amide bonds. The summed E-state index contributed by atoms with van der Waals surface area (Å²) in [6.45, 7) is 6.26. The number of rotatable bonds is 4. The van der Waals surface area contributed by atoms with Crippen LogP contribution in [0.2, 0.25) is 0 Å². The summed E-state index contributed by atoms with van der Waals surface area (Å²) in [5.41, 5.74) is 2.02. The number of carbonyl (C=O) groups is 1. The fourth-order valence-corrected chi connectivity index (χ4v) is 3.45. The zero-order valence-electron chi connectivity index (χ0n) is 15.7. The first kappa shape index (κ1) is 19.2. The lowest BCUT2D eigenvalue weighted by Gasteiger charge is -2.38. The van der Waals surface area contributed by atoms with Gasteiger partial charge in [0.2, 0.25) is 0 Å². The van der Waals surface area contributed by atoms with Gasteiger partial charge in [-0.05, 0) is 57.3 Å². The number of anilines is 1. The molecule has 1 unspecified atom stereocenters. The summed E-state index contributed by atoms with van der Waals surface area (Å²) >= 11 is 5.50. The Hall–Kier alpha value is -2.60. The molecule has 0 fully saturated rings. The smallest absolute Gasteiger partial charge is 0.338 e. The molecule has 0 spiro atoms. The first-order valence-corrected chi connectivity index (χ1v) is 9.41. The Bertz CT molecular complexity index is 851. The molecule has 1 heterocycles. The minimum Gasteiger partial charge on any atom is -0.487 e. The van der Waals surface area contributed by atoms with Crippen molar-refractivity contribution in [2.45, 2.75) is 38.8 Å². The SMILES string of the molecule is CCOC(=O)c1cccc(NC(=S)NC2CC(C)(C)Oc3ccccc32)c1. The summed E-state index contributed by atoms with van der Waals surface area (Å²) in [5, 5.41) is 7.03. The Morgan fingerprint density at radius 2 is 2.04 bits per heavy atom. The predicted octanol–water partition coefficient (Wildman–Crippen LogP) is 4.45. The van der Waals surface area contributed by atoms with Crippen LogP contribution < -0.4 is 15.4 Å². The highest BCUT2D eigenvalue weighted by atomic mass is 32.1. The number of carbonyl (C=O) groups excluding carboxylic acids is 1. The highest BCUT2D eigenvalue weighted by Crippen LogP contribution is 2.39. The molecule has 0 aromatic heterocycles. The fraction of sp³-hybridized carbons (Fsp3) is 0.333. The quantitative estimate of drug-likeness (QED) is 0.600. The van der Waals surface area contributed by atoms with E-state index in [9.17, 15) is 4.79 Å². The van der Waals surface area contributed by atoms with Crippen molar-refractivity contribution in [2.75, 3.05) is 11.9 Å². The molecule has 1 atom stereocenters. The van der Waals surface area contributed by atoms with Gasteiger partial charge in [0.25, 0.3) is 0 Å². The first-order valence-electron chi connectivity index (χ1n) is 9.00. The maximum Gasteiger partial charge on any atom is 0.338 e. The summed E-state index contributed by atoms with van der Waals surface area (Å²) in [6.07, 6.45) is 0.786. The molecule has 3 rings (SSSR count). The monoisotopic (exact) mass is 384 g/mol. The van der Waals surface area contributed by atoms with E-state index < -0.39 is 0 Å². The average molecular weight is 385 g/mol. The first-order chi connectivity index (χ1) is 12.9. The maximum absolute atomic E-state index is 11.9. The molecule has 6 heteroatoms. The zero-order chi connectivity index (χ0) is 19.4. The van der Waals surface area contributed by atoms with E-state index in [0.29, 0.717) is 17.3 Å². The van der Waals surface area contributed by atoms with Gasteiger partial charge in [0.15, 0.2) is 5.11 Å². The van der Waals surface area contributed by atoms with Gasteiger partial charge in [-0.2, -0.15) is 0 Å². The summed E-state index contributed by atoms with van der Waals surface area (Å²) in [7, 11) is 0. The Balaban J connectivity index is 1.71. The standard InChI is InChI=1S/C21H24N2O3S/c1-4-25-19(24)14-8-7-9-15(12-14)22-20(27)23-17-13-21(2,3)26-18-11-6-5-10-16(17)18/h5-12,17H,4,13H2,1-3H3,(H2,22,23,27). The van der Waals surface area contributed by atoms with Crippen molar-refractivity contribution >= 4 is 29.0 Å². The summed E-state index contributed by atoms with van der Waals surface area (Å²) in [4.78, 5) is 11.9. The molecule has 2 aromatic carbocycles. The van der Waals surface area contributed by atoms with E-state index in [1.54, 1.807) is 25.1 Å². The topological polar surface area (TPSA) is 59.6 Å². The van der Waals surface area contributed by atoms with Crippen molar-refractivity contribution in [3.8, 4) is 5.75 Å². The van der Waals surface area contributed by atoms with Crippen LogP contribution in [0.4, 0.5) is 5.69 Å². The van der Waals surface area contributed by atoms with Crippen LogP contribution in [0, 0.1) is 0 Å². The van der Waals surface area contributed by atoms with Gasteiger partial charge in [-0.25, -0.2) is 4.79 Å². The lowest BCUT2D eigenvalue weighted by Crippen LogP contribution is -2.42. The van der Waals surface area contributed by atoms with Crippen molar-refractivity contribution < 1.29 is 14.3 Å². The molecule has 0 aliphatic carbocycles. The number of nitrogens with one attached hydrogen (secondary N) is 2. The zero-order valence-corrected chi connectivity index (χ0v) is 16.6. The number of hydrogen-bond acceptors (Lipinski definition) is 4. The van der Waals surface area contributed by atoms with Gasteiger partial charge < -0.3 is 20.1 Å². The van der Waals surface area contributed by atoms with Gasteiger partial charge in [0.05, 0.1) is 18.2 Å². The number of para-hydroxylation sites is 1. The number of hydrogen-bond donors (Lipinski definition) is 2. The van der Waals surface area contributed by atoms with Gasteiger partial charge in [0, 0.05) is 17.7 Å². The van der Waals surface area contributed by atoms with Crippen LogP contribution in [-0.2, 0) is 4.74 Å². The molecular formula is C21H24N2O3S. The molecule has 1 aliphatic heterocycles. The number of ether oxygens (including phenoxy) is 2. The van der Waals surface area contributed by atoms with Crippen LogP contribution in [0.1, 0.15) is 49.2 Å². The van der Waals surface area contributed by atoms with Gasteiger partial charge >= 0.3 is 5.97 Å². The van der Waals surface area contributed by atoms with Crippen LogP contribution >= 0.6 is 12.2 Å². The Labute approximate surface area is 165 Å². The van der Waals surface area contributed by atoms with E-state index in [1.165, 1.54) is 0 Å². The van der Waals surface area contributed by atoms with Gasteiger partial charge in [-0.15, -0.1) is 0 Å². The minimum atomic E-state index is -0.347. The number of benzene rings is 2. The van der Waals surface area contributed by atoms with Crippen LogP contribution in [-0.4, -0.2) is 23.3 Å². The van der Waals surface area contributed by atoms with Crippen molar-refractivity contribution in [3.05, 3.63) is 59.7 Å². The van der Waals surface area contributed by atoms with E-state index in [4.69, 9.17) is 21.7 Å². The van der Waals surface area contributed by atoms with Gasteiger partial charge in [-0.1, -0.05) is 24.3 Å². The molecule has 0 bridgehead atoms. The highest BCUT2D eigenvalue weighted by Gasteiger charge is 2.33. The molecule has 1 aliphatic rings. The maximum atomic E-state index is 11.9. The summed E-state index contributed by atoms with van der Waals surface area (Å²) in [6, 6.07) is 15.1. The molecule has 27 heavy (non-hydrogen) atoms. The molecule has 2 N–H and O–H groups in total. The van der Waals surface area contributed by atoms with Gasteiger partial charge in [0.1, 0.15) is 11.4 Å². The molecule has 142 valence electrons. The van der Waals surface area contributed by atoms with Crippen LogP contribution in [0.15, 0.2) is 48.5 Å². The predicted molar refractivity (Wildman–Crippen MR) is 110 cm³/mol. The summed E-state index contributed by atoms with van der Waals surface area (Å²) in [5.74, 6) is 0.526. The second-order valence-electron chi connectivity index (χ2n) is 7.06. The molecule has 0 saturated carbocycles. The number of thiocarbonyl (C=S) groups is 1. The third-order valence-corrected chi connectivity index (χ3v) is 4.53. The molecular weight excluding hydrogens is 360 g/mol. The second-order valence-corrected chi connectivity index (χ2v) is 7.46. The molecule has 5 nitrogen and oxygen atoms in total.